The van der Waals surface area contributed by atoms with Gasteiger partial charge >= 0.3 is 0 Å². The molecular formula is C25H50N2O6S. The average Bonchev–Trinajstić information content (AvgIpc) is 2.75. The van der Waals surface area contributed by atoms with E-state index in [-0.39, 0.29) is 25.6 Å². The van der Waals surface area contributed by atoms with Crippen molar-refractivity contribution in [2.45, 2.75) is 103 Å². The van der Waals surface area contributed by atoms with Gasteiger partial charge in [-0.2, -0.15) is 8.42 Å². The fourth-order valence-electron chi connectivity index (χ4n) is 3.83. The summed E-state index contributed by atoms with van der Waals surface area (Å²) in [4.78, 5) is 13.6. The third kappa shape index (κ3) is 24.1. The van der Waals surface area contributed by atoms with Crippen LogP contribution in [-0.2, 0) is 14.9 Å². The lowest BCUT2D eigenvalue weighted by molar-refractivity contribution is -0.121. The van der Waals surface area contributed by atoms with Crippen molar-refractivity contribution in [3.05, 3.63) is 12.2 Å². The maximum atomic E-state index is 12.0. The lowest BCUT2D eigenvalue weighted by Gasteiger charge is -2.23. The average molecular weight is 507 g/mol. The molecule has 1 amide bonds. The van der Waals surface area contributed by atoms with Gasteiger partial charge in [0.25, 0.3) is 10.1 Å². The predicted octanol–water partition coefficient (Wildman–Crippen LogP) is 3.68. The second-order valence-corrected chi connectivity index (χ2v) is 10.6. The van der Waals surface area contributed by atoms with Crippen LogP contribution in [0, 0.1) is 0 Å². The lowest BCUT2D eigenvalue weighted by atomic mass is 10.1. The number of hydrogen-bond donors (Lipinski definition) is 4. The van der Waals surface area contributed by atoms with Crippen LogP contribution in [0.5, 0.6) is 0 Å². The van der Waals surface area contributed by atoms with E-state index in [0.717, 1.165) is 25.7 Å². The number of allylic oxidation sites excluding steroid dienone is 2. The minimum atomic E-state index is -4.26. The molecule has 8 nitrogen and oxygen atoms in total. The number of hydrogen-bond acceptors (Lipinski definition) is 6. The van der Waals surface area contributed by atoms with E-state index in [4.69, 9.17) is 9.66 Å². The third-order valence-corrected chi connectivity index (χ3v) is 6.51. The second-order valence-electron chi connectivity index (χ2n) is 9.11. The molecule has 0 saturated heterocycles. The Kier molecular flexibility index (Phi) is 21.8. The van der Waals surface area contributed by atoms with Gasteiger partial charge in [0.1, 0.15) is 5.75 Å². The number of rotatable bonds is 24. The summed E-state index contributed by atoms with van der Waals surface area (Å²) in [6.07, 6.45) is 19.6. The van der Waals surface area contributed by atoms with Gasteiger partial charge in [0.2, 0.25) is 5.91 Å². The Bertz CT molecular complexity index is 613. The number of nitrogens with one attached hydrogen (secondary N) is 1. The van der Waals surface area contributed by atoms with Crippen molar-refractivity contribution in [2.24, 2.45) is 0 Å². The molecule has 9 heteroatoms. The van der Waals surface area contributed by atoms with Crippen LogP contribution < -0.4 is 5.32 Å². The molecule has 0 aliphatic heterocycles. The Morgan fingerprint density at radius 3 is 2.03 bits per heavy atom. The molecule has 0 bridgehead atoms. The fraction of sp³-hybridized carbons (Fsp3) is 0.880. The zero-order chi connectivity index (χ0) is 25.5. The van der Waals surface area contributed by atoms with Gasteiger partial charge in [-0.15, -0.1) is 0 Å². The second kappa shape index (κ2) is 22.5. The first kappa shape index (κ1) is 33.0. The van der Waals surface area contributed by atoms with Crippen LogP contribution in [0.1, 0.15) is 96.8 Å². The SMILES string of the molecule is CCCCCCCC/C=C\CCCCCCCC(=O)NCCN(CCO)CC(O)CS(=O)(=O)O. The van der Waals surface area contributed by atoms with Crippen molar-refractivity contribution in [1.29, 1.82) is 0 Å². The summed E-state index contributed by atoms with van der Waals surface area (Å²) < 4.78 is 30.5. The standard InChI is InChI=1S/C25H50N2O6S/c1-2-3-4-5-6-7-8-9-10-11-12-13-14-15-16-17-25(30)26-18-19-27(20-21-28)22-24(29)23-34(31,32)33/h9-10,24,28-29H,2-8,11-23H2,1H3,(H,26,30)(H,31,32,33)/b10-9-. The molecule has 0 heterocycles. The Morgan fingerprint density at radius 1 is 0.912 bits per heavy atom. The number of aliphatic hydroxyl groups is 2. The molecule has 0 fully saturated rings. The summed E-state index contributed by atoms with van der Waals surface area (Å²) in [5.41, 5.74) is 0. The smallest absolute Gasteiger partial charge is 0.267 e. The quantitative estimate of drug-likeness (QED) is 0.0893. The monoisotopic (exact) mass is 506 g/mol. The van der Waals surface area contributed by atoms with Crippen LogP contribution in [0.25, 0.3) is 0 Å². The van der Waals surface area contributed by atoms with Gasteiger partial charge in [-0.1, -0.05) is 70.4 Å². The van der Waals surface area contributed by atoms with Crippen LogP contribution in [0.4, 0.5) is 0 Å². The summed E-state index contributed by atoms with van der Waals surface area (Å²) in [5, 5.41) is 21.7. The molecule has 34 heavy (non-hydrogen) atoms. The molecular weight excluding hydrogens is 456 g/mol. The molecule has 0 rings (SSSR count). The highest BCUT2D eigenvalue weighted by Gasteiger charge is 2.17. The van der Waals surface area contributed by atoms with E-state index in [1.807, 2.05) is 0 Å². The van der Waals surface area contributed by atoms with Crippen LogP contribution in [-0.4, -0.2) is 78.6 Å². The zero-order valence-electron chi connectivity index (χ0n) is 21.3. The molecule has 202 valence electrons. The van der Waals surface area contributed by atoms with Gasteiger partial charge in [0.15, 0.2) is 0 Å². The number of nitrogens with zero attached hydrogens (tertiary/aromatic N) is 1. The number of unbranched alkanes of at least 4 members (excludes halogenated alkanes) is 11. The lowest BCUT2D eigenvalue weighted by Crippen LogP contribution is -2.42. The molecule has 1 atom stereocenters. The zero-order valence-corrected chi connectivity index (χ0v) is 22.1. The van der Waals surface area contributed by atoms with Crippen molar-refractivity contribution in [3.8, 4) is 0 Å². The molecule has 4 N–H and O–H groups in total. The number of carbonyl (C=O) groups is 1. The molecule has 1 unspecified atom stereocenters. The predicted molar refractivity (Wildman–Crippen MR) is 138 cm³/mol. The minimum Gasteiger partial charge on any atom is -0.395 e. The van der Waals surface area contributed by atoms with Crippen molar-refractivity contribution < 1.29 is 28.0 Å². The Hall–Kier alpha value is -1.00. The van der Waals surface area contributed by atoms with E-state index in [1.165, 1.54) is 57.8 Å². The topological polar surface area (TPSA) is 127 Å². The largest absolute Gasteiger partial charge is 0.395 e. The van der Waals surface area contributed by atoms with Gasteiger partial charge in [0, 0.05) is 32.6 Å². The van der Waals surface area contributed by atoms with Gasteiger partial charge in [0.05, 0.1) is 12.7 Å². The number of carbonyl (C=O) groups excluding carboxylic acids is 1. The van der Waals surface area contributed by atoms with E-state index in [9.17, 15) is 18.3 Å². The maximum absolute atomic E-state index is 12.0. The Morgan fingerprint density at radius 2 is 1.47 bits per heavy atom. The Labute approximate surface area is 207 Å². The van der Waals surface area contributed by atoms with E-state index in [2.05, 4.69) is 24.4 Å². The van der Waals surface area contributed by atoms with Crippen LogP contribution >= 0.6 is 0 Å². The third-order valence-electron chi connectivity index (χ3n) is 5.70. The molecule has 0 spiro atoms. The molecule has 0 radical (unpaired) electrons. The van der Waals surface area contributed by atoms with Crippen LogP contribution in [0.2, 0.25) is 0 Å². The summed E-state index contributed by atoms with van der Waals surface area (Å²) >= 11 is 0. The number of amides is 1. The van der Waals surface area contributed by atoms with Gasteiger partial charge < -0.3 is 15.5 Å². The van der Waals surface area contributed by atoms with E-state index in [1.54, 1.807) is 4.90 Å². The fourth-order valence-corrected chi connectivity index (χ4v) is 4.42. The first-order valence-corrected chi connectivity index (χ1v) is 14.8. The van der Waals surface area contributed by atoms with Gasteiger partial charge in [-0.25, -0.2) is 0 Å². The first-order chi connectivity index (χ1) is 16.3. The number of aliphatic hydroxyl groups excluding tert-OH is 2. The molecule has 0 aromatic carbocycles. The van der Waals surface area contributed by atoms with Gasteiger partial charge in [-0.3, -0.25) is 14.2 Å². The molecule has 0 aromatic heterocycles. The van der Waals surface area contributed by atoms with E-state index >= 15 is 0 Å². The van der Waals surface area contributed by atoms with Crippen molar-refractivity contribution in [2.75, 3.05) is 38.5 Å². The highest BCUT2D eigenvalue weighted by Crippen LogP contribution is 2.10. The van der Waals surface area contributed by atoms with Crippen molar-refractivity contribution in [1.82, 2.24) is 10.2 Å². The summed E-state index contributed by atoms with van der Waals surface area (Å²) in [7, 11) is -4.26. The summed E-state index contributed by atoms with van der Waals surface area (Å²) in [5.74, 6) is -0.781. The van der Waals surface area contributed by atoms with Gasteiger partial charge in [-0.05, 0) is 32.1 Å². The first-order valence-electron chi connectivity index (χ1n) is 13.2. The van der Waals surface area contributed by atoms with Crippen molar-refractivity contribution in [3.63, 3.8) is 0 Å². The molecule has 0 saturated carbocycles. The maximum Gasteiger partial charge on any atom is 0.267 e. The Balaban J connectivity index is 3.66. The molecule has 0 aliphatic rings. The summed E-state index contributed by atoms with van der Waals surface area (Å²) in [6.45, 7) is 3.05. The molecule has 0 aromatic rings. The highest BCUT2D eigenvalue weighted by molar-refractivity contribution is 7.85. The van der Waals surface area contributed by atoms with E-state index in [0.29, 0.717) is 19.5 Å². The van der Waals surface area contributed by atoms with Crippen LogP contribution in [0.3, 0.4) is 0 Å². The summed E-state index contributed by atoms with van der Waals surface area (Å²) in [6, 6.07) is 0. The minimum absolute atomic E-state index is 0.00947. The van der Waals surface area contributed by atoms with E-state index < -0.39 is 22.0 Å². The normalized spacial score (nSPS) is 13.1. The highest BCUT2D eigenvalue weighted by atomic mass is 32.2. The van der Waals surface area contributed by atoms with Crippen molar-refractivity contribution >= 4 is 16.0 Å². The van der Waals surface area contributed by atoms with Crippen LogP contribution in [0.15, 0.2) is 12.2 Å². The molecule has 0 aliphatic carbocycles.